The van der Waals surface area contributed by atoms with E-state index in [0.717, 1.165) is 25.5 Å². The third-order valence-corrected chi connectivity index (χ3v) is 4.26. The van der Waals surface area contributed by atoms with Crippen molar-refractivity contribution in [1.82, 2.24) is 5.32 Å². The normalized spacial score (nSPS) is 35.4. The topological polar surface area (TPSA) is 45.0 Å². The van der Waals surface area contributed by atoms with Crippen molar-refractivity contribution in [3.8, 4) is 6.07 Å². The molecule has 0 aromatic rings. The van der Waals surface area contributed by atoms with Crippen molar-refractivity contribution in [1.29, 1.82) is 5.26 Å². The van der Waals surface area contributed by atoms with Gasteiger partial charge in [-0.25, -0.2) is 0 Å². The van der Waals surface area contributed by atoms with Gasteiger partial charge in [0.15, 0.2) is 0 Å². The lowest BCUT2D eigenvalue weighted by molar-refractivity contribution is 0.105. The van der Waals surface area contributed by atoms with Crippen LogP contribution in [0.15, 0.2) is 0 Å². The minimum Gasteiger partial charge on any atom is -0.377 e. The zero-order valence-electron chi connectivity index (χ0n) is 10.8. The Morgan fingerprint density at radius 3 is 2.65 bits per heavy atom. The van der Waals surface area contributed by atoms with Gasteiger partial charge >= 0.3 is 0 Å². The summed E-state index contributed by atoms with van der Waals surface area (Å²) in [5, 5.41) is 12.7. The first kappa shape index (κ1) is 12.9. The maximum absolute atomic E-state index is 9.26. The second kappa shape index (κ2) is 6.37. The molecule has 1 saturated heterocycles. The molecular weight excluding hydrogens is 212 g/mol. The molecule has 0 radical (unpaired) electrons. The lowest BCUT2D eigenvalue weighted by Crippen LogP contribution is -2.40. The van der Waals surface area contributed by atoms with Gasteiger partial charge in [0.05, 0.1) is 18.2 Å². The van der Waals surface area contributed by atoms with Crippen LogP contribution in [0, 0.1) is 23.2 Å². The highest BCUT2D eigenvalue weighted by Crippen LogP contribution is 2.30. The number of nitrogens with zero attached hydrogens (tertiary/aromatic N) is 1. The van der Waals surface area contributed by atoms with Crippen LogP contribution in [0.3, 0.4) is 0 Å². The van der Waals surface area contributed by atoms with Crippen molar-refractivity contribution in [3.63, 3.8) is 0 Å². The van der Waals surface area contributed by atoms with Gasteiger partial charge in [0, 0.05) is 13.2 Å². The predicted molar refractivity (Wildman–Crippen MR) is 67.5 cm³/mol. The van der Waals surface area contributed by atoms with E-state index in [1.165, 1.54) is 32.1 Å². The molecule has 96 valence electrons. The quantitative estimate of drug-likeness (QED) is 0.815. The molecule has 2 aliphatic rings. The Morgan fingerprint density at radius 2 is 2.06 bits per heavy atom. The first-order valence-electron chi connectivity index (χ1n) is 7.04. The third kappa shape index (κ3) is 3.69. The van der Waals surface area contributed by atoms with E-state index in [1.54, 1.807) is 0 Å². The summed E-state index contributed by atoms with van der Waals surface area (Å²) in [5.41, 5.74) is 0. The van der Waals surface area contributed by atoms with Crippen LogP contribution in [0.4, 0.5) is 0 Å². The summed E-state index contributed by atoms with van der Waals surface area (Å²) in [5.74, 6) is 1.40. The zero-order chi connectivity index (χ0) is 12.1. The summed E-state index contributed by atoms with van der Waals surface area (Å²) < 4.78 is 5.58. The van der Waals surface area contributed by atoms with Crippen molar-refractivity contribution in [3.05, 3.63) is 0 Å². The molecule has 0 amide bonds. The summed E-state index contributed by atoms with van der Waals surface area (Å²) in [6.07, 6.45) is 7.63. The first-order chi connectivity index (χ1) is 8.29. The van der Waals surface area contributed by atoms with Crippen molar-refractivity contribution < 1.29 is 4.74 Å². The minimum atomic E-state index is 0.0340. The molecule has 0 spiro atoms. The zero-order valence-corrected chi connectivity index (χ0v) is 10.8. The van der Waals surface area contributed by atoms with Gasteiger partial charge in [-0.1, -0.05) is 19.8 Å². The van der Waals surface area contributed by atoms with E-state index in [1.807, 2.05) is 0 Å². The molecule has 2 fully saturated rings. The van der Waals surface area contributed by atoms with Gasteiger partial charge < -0.3 is 4.74 Å². The van der Waals surface area contributed by atoms with E-state index in [9.17, 15) is 5.26 Å². The summed E-state index contributed by atoms with van der Waals surface area (Å²) in [6, 6.07) is 2.48. The Labute approximate surface area is 105 Å². The molecule has 2 rings (SSSR count). The molecular formula is C14H24N2O. The van der Waals surface area contributed by atoms with Gasteiger partial charge in [0.2, 0.25) is 0 Å². The molecule has 3 nitrogen and oxygen atoms in total. The maximum Gasteiger partial charge on any atom is 0.0982 e. The van der Waals surface area contributed by atoms with Crippen molar-refractivity contribution in [2.45, 2.75) is 57.6 Å². The van der Waals surface area contributed by atoms with Gasteiger partial charge in [-0.05, 0) is 37.5 Å². The molecule has 1 aliphatic carbocycles. The Bertz CT molecular complexity index is 260. The van der Waals surface area contributed by atoms with E-state index in [2.05, 4.69) is 18.3 Å². The highest BCUT2D eigenvalue weighted by atomic mass is 16.5. The fourth-order valence-corrected chi connectivity index (χ4v) is 3.00. The molecule has 17 heavy (non-hydrogen) atoms. The van der Waals surface area contributed by atoms with E-state index < -0.39 is 0 Å². The summed E-state index contributed by atoms with van der Waals surface area (Å²) in [4.78, 5) is 0. The minimum absolute atomic E-state index is 0.0340. The first-order valence-corrected chi connectivity index (χ1v) is 7.04. The van der Waals surface area contributed by atoms with E-state index in [-0.39, 0.29) is 6.04 Å². The van der Waals surface area contributed by atoms with Crippen LogP contribution in [0.2, 0.25) is 0 Å². The van der Waals surface area contributed by atoms with E-state index in [4.69, 9.17) is 4.74 Å². The number of rotatable bonds is 4. The van der Waals surface area contributed by atoms with Crippen LogP contribution >= 0.6 is 0 Å². The number of ether oxygens (including phenoxy) is 1. The third-order valence-electron chi connectivity index (χ3n) is 4.26. The highest BCUT2D eigenvalue weighted by Gasteiger charge is 2.26. The fraction of sp³-hybridized carbons (Fsp3) is 0.929. The van der Waals surface area contributed by atoms with E-state index >= 15 is 0 Å². The smallest absolute Gasteiger partial charge is 0.0982 e. The molecule has 0 bridgehead atoms. The average molecular weight is 236 g/mol. The number of hydrogen-bond acceptors (Lipinski definition) is 3. The summed E-state index contributed by atoms with van der Waals surface area (Å²) in [7, 11) is 0. The Hall–Kier alpha value is -0.590. The molecule has 1 aliphatic heterocycles. The van der Waals surface area contributed by atoms with Crippen LogP contribution in [-0.2, 0) is 4.74 Å². The Kier molecular flexibility index (Phi) is 4.82. The monoisotopic (exact) mass is 236 g/mol. The van der Waals surface area contributed by atoms with Crippen LogP contribution in [0.1, 0.15) is 45.4 Å². The molecule has 0 aromatic heterocycles. The second-order valence-corrected chi connectivity index (χ2v) is 5.67. The lowest BCUT2D eigenvalue weighted by atomic mass is 9.79. The summed E-state index contributed by atoms with van der Waals surface area (Å²) >= 11 is 0. The van der Waals surface area contributed by atoms with Gasteiger partial charge in [-0.3, -0.25) is 5.32 Å². The lowest BCUT2D eigenvalue weighted by Gasteiger charge is -2.30. The van der Waals surface area contributed by atoms with Gasteiger partial charge in [0.1, 0.15) is 0 Å². The van der Waals surface area contributed by atoms with Crippen molar-refractivity contribution >= 4 is 0 Å². The van der Waals surface area contributed by atoms with Crippen LogP contribution in [-0.4, -0.2) is 25.3 Å². The maximum atomic E-state index is 9.26. The molecule has 2 unspecified atom stereocenters. The number of nitrogens with one attached hydrogen (secondary N) is 1. The molecule has 1 heterocycles. The molecule has 3 heteroatoms. The largest absolute Gasteiger partial charge is 0.377 e. The van der Waals surface area contributed by atoms with Gasteiger partial charge in [-0.2, -0.15) is 5.26 Å². The van der Waals surface area contributed by atoms with Crippen LogP contribution in [0.5, 0.6) is 0 Å². The molecule has 1 N–H and O–H groups in total. The SMILES string of the molecule is CC1CCC(C(C#N)NCC2CCCO2)CC1. The Balaban J connectivity index is 1.74. The van der Waals surface area contributed by atoms with Crippen molar-refractivity contribution in [2.24, 2.45) is 11.8 Å². The Morgan fingerprint density at radius 1 is 1.29 bits per heavy atom. The van der Waals surface area contributed by atoms with Gasteiger partial charge in [0.25, 0.3) is 0 Å². The van der Waals surface area contributed by atoms with Crippen LogP contribution < -0.4 is 5.32 Å². The average Bonchev–Trinajstić information content (AvgIpc) is 2.85. The standard InChI is InChI=1S/C14H24N2O/c1-11-4-6-12(7-5-11)14(9-15)16-10-13-3-2-8-17-13/h11-14,16H,2-8,10H2,1H3. The summed E-state index contributed by atoms with van der Waals surface area (Å²) in [6.45, 7) is 4.06. The molecule has 2 atom stereocenters. The molecule has 0 aromatic carbocycles. The van der Waals surface area contributed by atoms with Gasteiger partial charge in [-0.15, -0.1) is 0 Å². The fourth-order valence-electron chi connectivity index (χ4n) is 3.00. The number of hydrogen-bond donors (Lipinski definition) is 1. The van der Waals surface area contributed by atoms with E-state index in [0.29, 0.717) is 12.0 Å². The van der Waals surface area contributed by atoms with Crippen LogP contribution in [0.25, 0.3) is 0 Å². The predicted octanol–water partition coefficient (Wildman–Crippen LogP) is 2.47. The molecule has 1 saturated carbocycles. The van der Waals surface area contributed by atoms with Crippen molar-refractivity contribution in [2.75, 3.05) is 13.2 Å². The number of nitriles is 1. The highest BCUT2D eigenvalue weighted by molar-refractivity contribution is 4.96. The second-order valence-electron chi connectivity index (χ2n) is 5.67.